The van der Waals surface area contributed by atoms with Crippen LogP contribution in [0.25, 0.3) is 5.57 Å². The van der Waals surface area contributed by atoms with Gasteiger partial charge in [0.2, 0.25) is 0 Å². The summed E-state index contributed by atoms with van der Waals surface area (Å²) >= 11 is 0. The fourth-order valence-corrected chi connectivity index (χ4v) is 3.83. The first-order valence-corrected chi connectivity index (χ1v) is 10.4. The summed E-state index contributed by atoms with van der Waals surface area (Å²) in [5.74, 6) is 1.22. The molecule has 1 fully saturated rings. The molecule has 2 aliphatic rings. The summed E-state index contributed by atoms with van der Waals surface area (Å²) in [5.41, 5.74) is 7.06. The second-order valence-corrected chi connectivity index (χ2v) is 8.87. The predicted octanol–water partition coefficient (Wildman–Crippen LogP) is 6.83. The number of esters is 1. The monoisotopic (exact) mass is 364 g/mol. The Morgan fingerprint density at radius 1 is 1.00 bits per heavy atom. The number of ether oxygens (including phenoxy) is 1. The number of carbonyl (C=O) groups excluding carboxylic acids is 1. The minimum Gasteiger partial charge on any atom is -0.431 e. The van der Waals surface area contributed by atoms with Crippen LogP contribution < -0.4 is 0 Å². The van der Waals surface area contributed by atoms with Gasteiger partial charge in [0.15, 0.2) is 0 Å². The molecule has 0 unspecified atom stereocenters. The normalized spacial score (nSPS) is 18.5. The lowest BCUT2D eigenvalue weighted by Crippen LogP contribution is -2.23. The van der Waals surface area contributed by atoms with E-state index in [0.717, 1.165) is 25.0 Å². The Morgan fingerprint density at radius 3 is 2.37 bits per heavy atom. The van der Waals surface area contributed by atoms with Crippen molar-refractivity contribution in [2.45, 2.75) is 72.1 Å². The van der Waals surface area contributed by atoms with E-state index in [1.54, 1.807) is 0 Å². The van der Waals surface area contributed by atoms with Gasteiger partial charge in [-0.15, -0.1) is 5.73 Å². The maximum absolute atomic E-state index is 12.2. The highest BCUT2D eigenvalue weighted by Gasteiger charge is 2.25. The molecule has 1 aromatic rings. The molecule has 0 heterocycles. The van der Waals surface area contributed by atoms with E-state index in [0.29, 0.717) is 5.92 Å². The van der Waals surface area contributed by atoms with Gasteiger partial charge >= 0.3 is 5.97 Å². The third kappa shape index (κ3) is 5.47. The Kier molecular flexibility index (Phi) is 6.39. The zero-order valence-corrected chi connectivity index (χ0v) is 17.0. The summed E-state index contributed by atoms with van der Waals surface area (Å²) in [4.78, 5) is 12.2. The van der Waals surface area contributed by atoms with E-state index in [2.05, 4.69) is 42.1 Å². The molecule has 0 atom stereocenters. The summed E-state index contributed by atoms with van der Waals surface area (Å²) in [7, 11) is 0. The molecule has 0 saturated heterocycles. The molecule has 0 aromatic heterocycles. The third-order valence-corrected chi connectivity index (χ3v) is 5.43. The van der Waals surface area contributed by atoms with Crippen LogP contribution in [0.3, 0.4) is 0 Å². The molecule has 0 bridgehead atoms. The van der Waals surface area contributed by atoms with Gasteiger partial charge in [-0.05, 0) is 69.6 Å². The zero-order valence-electron chi connectivity index (χ0n) is 17.0. The molecular formula is C25H32O2. The Labute approximate surface area is 164 Å². The van der Waals surface area contributed by atoms with Crippen molar-refractivity contribution in [3.05, 3.63) is 59.0 Å². The fourth-order valence-electron chi connectivity index (χ4n) is 3.83. The van der Waals surface area contributed by atoms with E-state index in [1.807, 2.05) is 20.8 Å². The minimum absolute atomic E-state index is 0.158. The Bertz CT molecular complexity index is 749. The summed E-state index contributed by atoms with van der Waals surface area (Å²) in [6, 6.07) is 10.7. The van der Waals surface area contributed by atoms with Gasteiger partial charge in [-0.25, -0.2) is 0 Å². The molecule has 0 aliphatic heterocycles. The number of rotatable bonds is 3. The van der Waals surface area contributed by atoms with Crippen molar-refractivity contribution in [1.29, 1.82) is 0 Å². The van der Waals surface area contributed by atoms with Crippen molar-refractivity contribution >= 4 is 11.5 Å². The molecular weight excluding hydrogens is 332 g/mol. The SMILES string of the molecule is CC(C)(C)C(=O)OC1=CC(=C=C(c2ccccc2)C2CCCCC2)CCC1. The Balaban J connectivity index is 1.95. The summed E-state index contributed by atoms with van der Waals surface area (Å²) in [5, 5.41) is 0. The third-order valence-electron chi connectivity index (χ3n) is 5.43. The van der Waals surface area contributed by atoms with Crippen LogP contribution in [0.2, 0.25) is 0 Å². The van der Waals surface area contributed by atoms with Crippen LogP contribution in [-0.4, -0.2) is 5.97 Å². The Hall–Kier alpha value is -2.05. The molecule has 3 rings (SSSR count). The van der Waals surface area contributed by atoms with E-state index in [-0.39, 0.29) is 5.97 Å². The van der Waals surface area contributed by atoms with Gasteiger partial charge in [-0.1, -0.05) is 49.6 Å². The van der Waals surface area contributed by atoms with Crippen LogP contribution in [0.4, 0.5) is 0 Å². The second-order valence-electron chi connectivity index (χ2n) is 8.87. The summed E-state index contributed by atoms with van der Waals surface area (Å²) < 4.78 is 5.67. The summed E-state index contributed by atoms with van der Waals surface area (Å²) in [6.45, 7) is 5.68. The average molecular weight is 365 g/mol. The van der Waals surface area contributed by atoms with Crippen molar-refractivity contribution in [3.8, 4) is 0 Å². The largest absolute Gasteiger partial charge is 0.431 e. The van der Waals surface area contributed by atoms with Crippen LogP contribution >= 0.6 is 0 Å². The molecule has 0 N–H and O–H groups in total. The van der Waals surface area contributed by atoms with Gasteiger partial charge in [0.25, 0.3) is 0 Å². The molecule has 1 saturated carbocycles. The van der Waals surface area contributed by atoms with E-state index in [1.165, 1.54) is 48.8 Å². The van der Waals surface area contributed by atoms with Crippen LogP contribution in [0, 0.1) is 11.3 Å². The molecule has 0 radical (unpaired) electrons. The van der Waals surface area contributed by atoms with Gasteiger partial charge < -0.3 is 4.74 Å². The molecule has 0 amide bonds. The average Bonchev–Trinajstić information content (AvgIpc) is 2.67. The van der Waals surface area contributed by atoms with Crippen molar-refractivity contribution in [3.63, 3.8) is 0 Å². The van der Waals surface area contributed by atoms with Crippen LogP contribution in [0.5, 0.6) is 0 Å². The lowest BCUT2D eigenvalue weighted by molar-refractivity contribution is -0.148. The van der Waals surface area contributed by atoms with Crippen LogP contribution in [-0.2, 0) is 9.53 Å². The van der Waals surface area contributed by atoms with Gasteiger partial charge in [-0.3, -0.25) is 4.79 Å². The standard InChI is InChI=1S/C25H32O2/c1-25(2,3)24(26)27-22-16-10-11-19(17-22)18-23(20-12-6-4-7-13-20)21-14-8-5-9-15-21/h4,6-7,12-13,17,21H,5,8-11,14-16H2,1-3H3. The fraction of sp³-hybridized carbons (Fsp3) is 0.520. The molecule has 2 nitrogen and oxygen atoms in total. The molecule has 27 heavy (non-hydrogen) atoms. The van der Waals surface area contributed by atoms with Gasteiger partial charge in [-0.2, -0.15) is 0 Å². The highest BCUT2D eigenvalue weighted by Crippen LogP contribution is 2.36. The number of benzene rings is 1. The number of carbonyl (C=O) groups is 1. The van der Waals surface area contributed by atoms with Crippen LogP contribution in [0.1, 0.15) is 77.7 Å². The van der Waals surface area contributed by atoms with Gasteiger partial charge in [0.1, 0.15) is 5.76 Å². The van der Waals surface area contributed by atoms with Crippen molar-refractivity contribution < 1.29 is 9.53 Å². The van der Waals surface area contributed by atoms with E-state index < -0.39 is 5.41 Å². The number of hydrogen-bond donors (Lipinski definition) is 0. The molecule has 0 spiro atoms. The number of allylic oxidation sites excluding steroid dienone is 3. The van der Waals surface area contributed by atoms with E-state index in [4.69, 9.17) is 4.74 Å². The molecule has 144 valence electrons. The second kappa shape index (κ2) is 8.76. The lowest BCUT2D eigenvalue weighted by Gasteiger charge is -2.24. The van der Waals surface area contributed by atoms with Gasteiger partial charge in [0, 0.05) is 12.0 Å². The quantitative estimate of drug-likeness (QED) is 0.434. The van der Waals surface area contributed by atoms with Gasteiger partial charge in [0.05, 0.1) is 5.41 Å². The highest BCUT2D eigenvalue weighted by molar-refractivity contribution is 5.76. The highest BCUT2D eigenvalue weighted by atomic mass is 16.5. The van der Waals surface area contributed by atoms with E-state index >= 15 is 0 Å². The predicted molar refractivity (Wildman–Crippen MR) is 111 cm³/mol. The topological polar surface area (TPSA) is 26.3 Å². The van der Waals surface area contributed by atoms with Crippen molar-refractivity contribution in [1.82, 2.24) is 0 Å². The Morgan fingerprint density at radius 2 is 1.70 bits per heavy atom. The maximum Gasteiger partial charge on any atom is 0.316 e. The first-order chi connectivity index (χ1) is 12.9. The molecule has 2 heteroatoms. The zero-order chi connectivity index (χ0) is 19.3. The summed E-state index contributed by atoms with van der Waals surface area (Å²) in [6.07, 6.45) is 11.4. The maximum atomic E-state index is 12.2. The van der Waals surface area contributed by atoms with Crippen molar-refractivity contribution in [2.75, 3.05) is 0 Å². The van der Waals surface area contributed by atoms with E-state index in [9.17, 15) is 4.79 Å². The molecule has 2 aliphatic carbocycles. The first kappa shape index (κ1) is 19.7. The number of hydrogen-bond acceptors (Lipinski definition) is 2. The van der Waals surface area contributed by atoms with Crippen molar-refractivity contribution in [2.24, 2.45) is 11.3 Å². The minimum atomic E-state index is -0.477. The first-order valence-electron chi connectivity index (χ1n) is 10.4. The van der Waals surface area contributed by atoms with Crippen LogP contribution in [0.15, 0.2) is 53.5 Å². The lowest BCUT2D eigenvalue weighted by atomic mass is 9.81. The molecule has 1 aromatic carbocycles. The smallest absolute Gasteiger partial charge is 0.316 e.